The van der Waals surface area contributed by atoms with Crippen LogP contribution in [0.1, 0.15) is 20.8 Å². The fourth-order valence-corrected chi connectivity index (χ4v) is 2.66. The molecule has 0 saturated carbocycles. The first-order chi connectivity index (χ1) is 10.0. The molecule has 3 aliphatic rings. The van der Waals surface area contributed by atoms with Gasteiger partial charge in [-0.15, -0.1) is 0 Å². The summed E-state index contributed by atoms with van der Waals surface area (Å²) in [5, 5.41) is 0. The number of ether oxygens (including phenoxy) is 3. The molecule has 3 aliphatic heterocycles. The zero-order valence-electron chi connectivity index (χ0n) is 12.4. The standard InChI is InChI=1S/C7H11O.C6H8BrO2.CH4.3HI.V.2W/c1-2-4-7-5-3-6-8-7;7-4-3-9-5-1-2-8-6(4)5;;;;;;;/h3-5,7H,2,6H2,1H3;1,4-6H,2-3H2;1H4;3*1H;;;/q2*-1;;;;;+3;;/p-3/t7-;4-,5+,6+;;;;;;;/m10......./s1. The second-order valence-corrected chi connectivity index (χ2v) is 41.0. The van der Waals surface area contributed by atoms with Crippen LogP contribution in [0.25, 0.3) is 0 Å². The van der Waals surface area contributed by atoms with Gasteiger partial charge in [0.2, 0.25) is 0 Å². The Bertz CT molecular complexity index is 318. The van der Waals surface area contributed by atoms with E-state index in [9.17, 15) is 0 Å². The summed E-state index contributed by atoms with van der Waals surface area (Å²) in [6.45, 7) is 4.44. The van der Waals surface area contributed by atoms with Gasteiger partial charge in [-0.1, -0.05) is 49.0 Å². The van der Waals surface area contributed by atoms with E-state index in [2.05, 4.69) is 108 Å². The van der Waals surface area contributed by atoms with Gasteiger partial charge in [0.1, 0.15) is 0 Å². The molecule has 2 saturated heterocycles. The normalized spacial score (nSPS) is 29.1. The topological polar surface area (TPSA) is 27.7 Å². The first-order valence-corrected chi connectivity index (χ1v) is 21.1. The summed E-state index contributed by atoms with van der Waals surface area (Å²) in [6.07, 6.45) is 10.3. The maximum absolute atomic E-state index is 5.36. The average Bonchev–Trinajstić information content (AvgIpc) is 3.11. The SMILES string of the molecule is Br[C@H]1CO[C@@H]2[CH-]CO[C@H]12.C.CC[CH-][C@@H]1C=CCO1.[I][V]([I])[I].[W].[W]. The number of alkyl halides is 1. The molecule has 3 rings (SSSR count). The zero-order chi connectivity index (χ0) is 15.7. The third-order valence-electron chi connectivity index (χ3n) is 2.92. The molecule has 3 nitrogen and oxygen atoms in total. The summed E-state index contributed by atoms with van der Waals surface area (Å²) >= 11 is 10.9. The van der Waals surface area contributed by atoms with Crippen LogP contribution in [0.4, 0.5) is 0 Å². The minimum Gasteiger partial charge on any atom is 0 e. The van der Waals surface area contributed by atoms with Gasteiger partial charge in [0.25, 0.3) is 0 Å². The molecule has 144 valence electrons. The molecule has 0 spiro atoms. The Balaban J connectivity index is -0.000000276. The van der Waals surface area contributed by atoms with Gasteiger partial charge in [-0.2, -0.15) is 6.42 Å². The second-order valence-electron chi connectivity index (χ2n) is 4.41. The monoisotopic (exact) mass is 1120 g/mol. The van der Waals surface area contributed by atoms with Crippen molar-refractivity contribution in [2.45, 2.75) is 43.9 Å². The molecule has 0 amide bonds. The van der Waals surface area contributed by atoms with Crippen molar-refractivity contribution in [1.82, 2.24) is 0 Å². The summed E-state index contributed by atoms with van der Waals surface area (Å²) in [7, 11) is 0. The minimum absolute atomic E-state index is 0. The number of rotatable bonds is 2. The van der Waals surface area contributed by atoms with Crippen LogP contribution in [0.15, 0.2) is 12.2 Å². The molecule has 0 radical (unpaired) electrons. The van der Waals surface area contributed by atoms with Gasteiger partial charge in [0.05, 0.1) is 24.1 Å². The van der Waals surface area contributed by atoms with Gasteiger partial charge < -0.3 is 14.2 Å². The summed E-state index contributed by atoms with van der Waals surface area (Å²) < 4.78 is 16.0. The van der Waals surface area contributed by atoms with Crippen LogP contribution in [0, 0.1) is 12.8 Å². The summed E-state index contributed by atoms with van der Waals surface area (Å²) in [5.74, 6) is 0. The van der Waals surface area contributed by atoms with Gasteiger partial charge >= 0.3 is 64.9 Å². The van der Waals surface area contributed by atoms with Crippen molar-refractivity contribution in [3.8, 4) is 0 Å². The van der Waals surface area contributed by atoms with Gasteiger partial charge in [-0.3, -0.25) is 12.8 Å². The van der Waals surface area contributed by atoms with Crippen molar-refractivity contribution in [2.24, 2.45) is 0 Å². The van der Waals surface area contributed by atoms with E-state index in [1.807, 2.05) is 0 Å². The Morgan fingerprint density at radius 1 is 1.25 bits per heavy atom. The van der Waals surface area contributed by atoms with Crippen LogP contribution in [-0.2, 0) is 61.3 Å². The van der Waals surface area contributed by atoms with Gasteiger partial charge in [-0.25, -0.2) is 0 Å². The Labute approximate surface area is 222 Å². The molecule has 4 atom stereocenters. The van der Waals surface area contributed by atoms with E-state index in [0.717, 1.165) is 26.2 Å². The van der Waals surface area contributed by atoms with Crippen LogP contribution in [0.5, 0.6) is 0 Å². The Morgan fingerprint density at radius 3 is 2.33 bits per heavy atom. The number of hydrogen-bond acceptors (Lipinski definition) is 3. The zero-order valence-corrected chi connectivity index (χ0v) is 27.8. The molecule has 0 aromatic heterocycles. The number of hydrogen-bond donors (Lipinski definition) is 0. The molecule has 0 unspecified atom stereocenters. The number of fused-ring (bicyclic) bond motifs is 1. The van der Waals surface area contributed by atoms with Crippen LogP contribution < -0.4 is 0 Å². The van der Waals surface area contributed by atoms with Crippen LogP contribution >= 0.6 is 75.9 Å². The minimum atomic E-state index is -0.278. The third-order valence-corrected chi connectivity index (χ3v) is 3.71. The van der Waals surface area contributed by atoms with Gasteiger partial charge in [0.15, 0.2) is 0 Å². The first kappa shape index (κ1) is 32.9. The van der Waals surface area contributed by atoms with Gasteiger partial charge in [-0.05, 0) is 12.2 Å². The molecule has 0 aromatic rings. The Hall–Kier alpha value is 4.25. The first-order valence-electron chi connectivity index (χ1n) is 6.64. The van der Waals surface area contributed by atoms with E-state index in [0.29, 0.717) is 10.9 Å². The fraction of sp³-hybridized carbons (Fsp3) is 0.714. The molecule has 10 heteroatoms. The smallest absolute Gasteiger partial charge is 0 e. The quantitative estimate of drug-likeness (QED) is 0.157. The summed E-state index contributed by atoms with van der Waals surface area (Å²) in [5.41, 5.74) is 0. The molecule has 0 aliphatic carbocycles. The van der Waals surface area contributed by atoms with E-state index in [-0.39, 0.29) is 66.7 Å². The Morgan fingerprint density at radius 2 is 1.88 bits per heavy atom. The second kappa shape index (κ2) is 20.5. The molecule has 2 fully saturated rings. The average molecular weight is 1120 g/mol. The van der Waals surface area contributed by atoms with Crippen LogP contribution in [-0.4, -0.2) is 43.0 Å². The van der Waals surface area contributed by atoms with Crippen molar-refractivity contribution >= 4 is 75.9 Å². The predicted molar refractivity (Wildman–Crippen MR) is 119 cm³/mol. The molecule has 0 aromatic carbocycles. The van der Waals surface area contributed by atoms with Crippen molar-refractivity contribution in [3.63, 3.8) is 0 Å². The van der Waals surface area contributed by atoms with Crippen molar-refractivity contribution in [3.05, 3.63) is 25.0 Å². The number of halogens is 4. The summed E-state index contributed by atoms with van der Waals surface area (Å²) in [4.78, 5) is 0.126. The third kappa shape index (κ3) is 15.1. The maximum Gasteiger partial charge on any atom is 0 e. The van der Waals surface area contributed by atoms with Gasteiger partial charge in [0, 0.05) is 42.1 Å². The largest absolute Gasteiger partial charge is 0 e. The Kier molecular flexibility index (Phi) is 28.1. The predicted octanol–water partition coefficient (Wildman–Crippen LogP) is 5.59. The molecule has 3 heterocycles. The van der Waals surface area contributed by atoms with E-state index >= 15 is 0 Å². The summed E-state index contributed by atoms with van der Waals surface area (Å²) in [6, 6.07) is 0. The molecule has 24 heavy (non-hydrogen) atoms. The fourth-order valence-electron chi connectivity index (χ4n) is 2.05. The van der Waals surface area contributed by atoms with E-state index in [4.69, 9.17) is 14.2 Å². The van der Waals surface area contributed by atoms with E-state index in [1.54, 1.807) is 0 Å². The van der Waals surface area contributed by atoms with E-state index in [1.165, 1.54) is 0 Å². The molecular weight excluding hydrogens is 1100 g/mol. The van der Waals surface area contributed by atoms with E-state index < -0.39 is 0 Å². The molecular formula is C14H23BrI3O3VW2-2. The molecule has 0 N–H and O–H groups in total. The van der Waals surface area contributed by atoms with Crippen molar-refractivity contribution < 1.29 is 61.3 Å². The maximum atomic E-state index is 5.36. The van der Waals surface area contributed by atoms with Crippen LogP contribution in [0.2, 0.25) is 0 Å². The van der Waals surface area contributed by atoms with Crippen molar-refractivity contribution in [1.29, 1.82) is 0 Å². The van der Waals surface area contributed by atoms with Crippen molar-refractivity contribution in [2.75, 3.05) is 19.8 Å². The van der Waals surface area contributed by atoms with Crippen LogP contribution in [0.3, 0.4) is 0 Å². The molecule has 0 bridgehead atoms.